The molecule has 28 heavy (non-hydrogen) atoms. The van der Waals surface area contributed by atoms with E-state index in [1.165, 1.54) is 9.44 Å². The molecular formula is C18H22N6O3S. The Morgan fingerprint density at radius 2 is 2.00 bits per heavy atom. The molecule has 4 heterocycles. The van der Waals surface area contributed by atoms with Crippen LogP contribution in [-0.2, 0) is 24.8 Å². The third-order valence-corrected chi connectivity index (χ3v) is 5.92. The molecule has 10 heteroatoms. The number of thiophene rings is 1. The van der Waals surface area contributed by atoms with Gasteiger partial charge in [-0.1, -0.05) is 6.07 Å². The van der Waals surface area contributed by atoms with Crippen LogP contribution in [0.2, 0.25) is 0 Å². The maximum atomic E-state index is 12.5. The minimum atomic E-state index is -0.507. The van der Waals surface area contributed by atoms with Crippen LogP contribution >= 0.6 is 11.3 Å². The van der Waals surface area contributed by atoms with Crippen LogP contribution in [0.1, 0.15) is 17.1 Å². The Hall–Kier alpha value is -2.72. The van der Waals surface area contributed by atoms with E-state index in [-0.39, 0.29) is 11.4 Å². The number of carbonyl (C=O) groups excluding carboxylic acids is 1. The number of fused-ring (bicyclic) bond motifs is 1. The quantitative estimate of drug-likeness (QED) is 0.638. The van der Waals surface area contributed by atoms with E-state index in [0.717, 1.165) is 32.7 Å². The van der Waals surface area contributed by atoms with Crippen molar-refractivity contribution in [2.75, 3.05) is 26.2 Å². The van der Waals surface area contributed by atoms with Crippen molar-refractivity contribution in [1.29, 1.82) is 0 Å². The topological polar surface area (TPSA) is 107 Å². The average Bonchev–Trinajstić information content (AvgIpc) is 3.35. The highest BCUT2D eigenvalue weighted by atomic mass is 32.1. The van der Waals surface area contributed by atoms with Gasteiger partial charge in [-0.2, -0.15) is 0 Å². The number of hydrogen-bond acceptors (Lipinski definition) is 6. The highest BCUT2D eigenvalue weighted by Gasteiger charge is 2.21. The van der Waals surface area contributed by atoms with Gasteiger partial charge in [-0.15, -0.1) is 11.3 Å². The van der Waals surface area contributed by atoms with Gasteiger partial charge in [-0.05, 0) is 11.4 Å². The fourth-order valence-corrected chi connectivity index (χ4v) is 4.18. The first kappa shape index (κ1) is 18.6. The average molecular weight is 402 g/mol. The van der Waals surface area contributed by atoms with E-state index in [4.69, 9.17) is 0 Å². The number of imidazole rings is 1. The van der Waals surface area contributed by atoms with Crippen molar-refractivity contribution in [3.63, 3.8) is 0 Å². The van der Waals surface area contributed by atoms with Gasteiger partial charge >= 0.3 is 5.69 Å². The Morgan fingerprint density at radius 3 is 2.71 bits per heavy atom. The van der Waals surface area contributed by atoms with Crippen molar-refractivity contribution in [3.8, 4) is 0 Å². The zero-order valence-electron chi connectivity index (χ0n) is 15.6. The number of hydrogen-bond donors (Lipinski definition) is 2. The van der Waals surface area contributed by atoms with E-state index in [9.17, 15) is 14.4 Å². The number of piperazine rings is 1. The number of aromatic nitrogens is 4. The summed E-state index contributed by atoms with van der Waals surface area (Å²) in [4.78, 5) is 51.1. The zero-order chi connectivity index (χ0) is 19.7. The van der Waals surface area contributed by atoms with Crippen molar-refractivity contribution in [2.45, 2.75) is 19.4 Å². The predicted molar refractivity (Wildman–Crippen MR) is 106 cm³/mol. The second-order valence-corrected chi connectivity index (χ2v) is 7.97. The summed E-state index contributed by atoms with van der Waals surface area (Å²) in [5, 5.41) is 2.08. The molecule has 148 valence electrons. The fraction of sp³-hybridized carbons (Fsp3) is 0.444. The van der Waals surface area contributed by atoms with Crippen LogP contribution in [0.3, 0.4) is 0 Å². The lowest BCUT2D eigenvalue weighted by molar-refractivity contribution is -0.133. The first-order valence-corrected chi connectivity index (χ1v) is 10.1. The van der Waals surface area contributed by atoms with Gasteiger partial charge in [0.05, 0.1) is 0 Å². The third-order valence-electron chi connectivity index (χ3n) is 5.06. The summed E-state index contributed by atoms with van der Waals surface area (Å²) in [5.41, 5.74) is -0.442. The molecule has 0 unspecified atom stereocenters. The highest BCUT2D eigenvalue weighted by Crippen LogP contribution is 2.14. The fourth-order valence-electron chi connectivity index (χ4n) is 3.43. The summed E-state index contributed by atoms with van der Waals surface area (Å²) in [6.07, 6.45) is 0.715. The SMILES string of the molecule is Cn1c(=O)[nH]c(=O)c2[nH]c(CCC(=O)N3CCN(Cc4cccs4)CC3)nc21. The summed E-state index contributed by atoms with van der Waals surface area (Å²) in [6, 6.07) is 4.19. The lowest BCUT2D eigenvalue weighted by Gasteiger charge is -2.34. The highest BCUT2D eigenvalue weighted by molar-refractivity contribution is 7.09. The Labute approximate surface area is 164 Å². The molecule has 3 aromatic heterocycles. The second kappa shape index (κ2) is 7.72. The van der Waals surface area contributed by atoms with Gasteiger partial charge in [0.25, 0.3) is 5.56 Å². The van der Waals surface area contributed by atoms with Crippen molar-refractivity contribution in [1.82, 2.24) is 29.3 Å². The molecule has 1 aliphatic rings. The van der Waals surface area contributed by atoms with E-state index in [0.29, 0.717) is 24.3 Å². The van der Waals surface area contributed by atoms with Gasteiger partial charge < -0.3 is 9.88 Å². The number of nitrogens with zero attached hydrogens (tertiary/aromatic N) is 4. The smallest absolute Gasteiger partial charge is 0.329 e. The normalized spacial score (nSPS) is 15.4. The molecule has 1 saturated heterocycles. The van der Waals surface area contributed by atoms with Crippen LogP contribution in [0.15, 0.2) is 27.1 Å². The minimum Gasteiger partial charge on any atom is -0.340 e. The Morgan fingerprint density at radius 1 is 1.21 bits per heavy atom. The lowest BCUT2D eigenvalue weighted by Crippen LogP contribution is -2.48. The molecule has 3 aromatic rings. The molecule has 0 radical (unpaired) electrons. The van der Waals surface area contributed by atoms with E-state index >= 15 is 0 Å². The Bertz CT molecular complexity index is 1090. The van der Waals surface area contributed by atoms with Crippen LogP contribution in [0, 0.1) is 0 Å². The van der Waals surface area contributed by atoms with Crippen molar-refractivity contribution in [2.24, 2.45) is 7.05 Å². The number of carbonyl (C=O) groups is 1. The molecule has 0 atom stereocenters. The monoisotopic (exact) mass is 402 g/mol. The van der Waals surface area contributed by atoms with Gasteiger partial charge in [0.15, 0.2) is 5.65 Å². The zero-order valence-corrected chi connectivity index (χ0v) is 16.4. The second-order valence-electron chi connectivity index (χ2n) is 6.94. The summed E-state index contributed by atoms with van der Waals surface area (Å²) < 4.78 is 1.28. The van der Waals surface area contributed by atoms with E-state index in [2.05, 4.69) is 37.4 Å². The third kappa shape index (κ3) is 3.78. The van der Waals surface area contributed by atoms with Crippen molar-refractivity contribution >= 4 is 28.4 Å². The van der Waals surface area contributed by atoms with E-state index in [1.54, 1.807) is 18.4 Å². The number of rotatable bonds is 5. The van der Waals surface area contributed by atoms with Crippen LogP contribution in [0.4, 0.5) is 0 Å². The van der Waals surface area contributed by atoms with Gasteiger partial charge in [-0.25, -0.2) is 9.78 Å². The Kier molecular flexibility index (Phi) is 5.14. The summed E-state index contributed by atoms with van der Waals surface area (Å²) in [6.45, 7) is 4.11. The summed E-state index contributed by atoms with van der Waals surface area (Å²) >= 11 is 1.76. The lowest BCUT2D eigenvalue weighted by atomic mass is 10.2. The van der Waals surface area contributed by atoms with Crippen LogP contribution in [-0.4, -0.2) is 61.4 Å². The maximum Gasteiger partial charge on any atom is 0.329 e. The van der Waals surface area contributed by atoms with Crippen LogP contribution in [0.25, 0.3) is 11.2 Å². The van der Waals surface area contributed by atoms with E-state index < -0.39 is 11.2 Å². The molecule has 0 aromatic carbocycles. The molecule has 0 saturated carbocycles. The van der Waals surface area contributed by atoms with Gasteiger partial charge in [0, 0.05) is 57.5 Å². The standard InChI is InChI=1S/C18H22N6O3S/c1-22-16-15(17(26)21-18(22)27)19-13(20-16)4-5-14(25)24-8-6-23(7-9-24)11-12-3-2-10-28-12/h2-3,10H,4-9,11H2,1H3,(H,19,20)(H,21,26,27). The number of aryl methyl sites for hydroxylation is 2. The minimum absolute atomic E-state index is 0.0824. The summed E-state index contributed by atoms with van der Waals surface area (Å²) in [7, 11) is 1.55. The van der Waals surface area contributed by atoms with Gasteiger partial charge in [-0.3, -0.25) is 24.0 Å². The molecular weight excluding hydrogens is 380 g/mol. The maximum absolute atomic E-state index is 12.5. The summed E-state index contributed by atoms with van der Waals surface area (Å²) in [5.74, 6) is 0.616. The molecule has 0 aliphatic carbocycles. The van der Waals surface area contributed by atoms with Crippen LogP contribution < -0.4 is 11.2 Å². The molecule has 4 rings (SSSR count). The number of nitrogens with one attached hydrogen (secondary N) is 2. The molecule has 9 nitrogen and oxygen atoms in total. The van der Waals surface area contributed by atoms with E-state index in [1.807, 2.05) is 4.90 Å². The molecule has 1 amide bonds. The molecule has 1 fully saturated rings. The predicted octanol–water partition coefficient (Wildman–Crippen LogP) is 0.288. The van der Waals surface area contributed by atoms with Crippen molar-refractivity contribution < 1.29 is 4.79 Å². The molecule has 0 bridgehead atoms. The molecule has 1 aliphatic heterocycles. The first-order chi connectivity index (χ1) is 13.5. The van der Waals surface area contributed by atoms with Crippen LogP contribution in [0.5, 0.6) is 0 Å². The number of aromatic amines is 2. The largest absolute Gasteiger partial charge is 0.340 e. The van der Waals surface area contributed by atoms with Gasteiger partial charge in [0.2, 0.25) is 5.91 Å². The number of H-pyrrole nitrogens is 2. The first-order valence-electron chi connectivity index (χ1n) is 9.21. The van der Waals surface area contributed by atoms with Crippen molar-refractivity contribution in [3.05, 3.63) is 49.1 Å². The molecule has 2 N–H and O–H groups in total. The van der Waals surface area contributed by atoms with Gasteiger partial charge in [0.1, 0.15) is 11.3 Å². The number of amides is 1. The molecule has 0 spiro atoms. The Balaban J connectivity index is 1.33.